The average molecular weight is 310 g/mol. The molecular formula is C18H18N2O3. The molecule has 3 rings (SSSR count). The minimum absolute atomic E-state index is 0.0660. The third-order valence-electron chi connectivity index (χ3n) is 3.91. The predicted octanol–water partition coefficient (Wildman–Crippen LogP) is 2.01. The van der Waals surface area contributed by atoms with Crippen LogP contribution in [0.1, 0.15) is 15.9 Å². The normalized spacial score (nSPS) is 13.0. The molecule has 0 unspecified atom stereocenters. The number of nitrogens with one attached hydrogen (secondary N) is 1. The summed E-state index contributed by atoms with van der Waals surface area (Å²) >= 11 is 0. The zero-order valence-electron chi connectivity index (χ0n) is 12.9. The lowest BCUT2D eigenvalue weighted by Gasteiger charge is -2.21. The molecule has 0 saturated carbocycles. The van der Waals surface area contributed by atoms with Crippen molar-refractivity contribution in [2.75, 3.05) is 25.1 Å². The van der Waals surface area contributed by atoms with Crippen LogP contribution in [0.25, 0.3) is 0 Å². The van der Waals surface area contributed by atoms with Crippen molar-refractivity contribution in [1.29, 1.82) is 0 Å². The fourth-order valence-corrected chi connectivity index (χ4v) is 2.60. The van der Waals surface area contributed by atoms with E-state index in [9.17, 15) is 9.59 Å². The van der Waals surface area contributed by atoms with E-state index in [0.29, 0.717) is 24.3 Å². The van der Waals surface area contributed by atoms with Crippen LogP contribution in [0, 0.1) is 0 Å². The Kier molecular flexibility index (Phi) is 4.28. The van der Waals surface area contributed by atoms with Crippen LogP contribution in [-0.2, 0) is 11.2 Å². The van der Waals surface area contributed by atoms with Crippen molar-refractivity contribution in [1.82, 2.24) is 5.32 Å². The summed E-state index contributed by atoms with van der Waals surface area (Å²) < 4.78 is 5.69. The number of hydrogen-bond acceptors (Lipinski definition) is 3. The fraction of sp³-hybridized carbons (Fsp3) is 0.222. The Morgan fingerprint density at radius 2 is 1.96 bits per heavy atom. The number of benzene rings is 2. The zero-order chi connectivity index (χ0) is 16.2. The van der Waals surface area contributed by atoms with Gasteiger partial charge in [-0.25, -0.2) is 0 Å². The number of fused-ring (bicyclic) bond motifs is 1. The van der Waals surface area contributed by atoms with E-state index in [2.05, 4.69) is 5.32 Å². The molecule has 2 aromatic rings. The lowest BCUT2D eigenvalue weighted by Crippen LogP contribution is -2.33. The Labute approximate surface area is 134 Å². The van der Waals surface area contributed by atoms with Gasteiger partial charge >= 0.3 is 0 Å². The molecule has 5 nitrogen and oxygen atoms in total. The lowest BCUT2D eigenvalue weighted by molar-refractivity contribution is -0.120. The van der Waals surface area contributed by atoms with Gasteiger partial charge in [-0.1, -0.05) is 24.3 Å². The summed E-state index contributed by atoms with van der Waals surface area (Å²) in [5.41, 5.74) is 2.31. The van der Waals surface area contributed by atoms with Crippen LogP contribution in [0.5, 0.6) is 5.75 Å². The van der Waals surface area contributed by atoms with E-state index < -0.39 is 0 Å². The summed E-state index contributed by atoms with van der Waals surface area (Å²) in [6.07, 6.45) is 0.708. The molecule has 0 radical (unpaired) electrons. The van der Waals surface area contributed by atoms with Crippen molar-refractivity contribution >= 4 is 17.5 Å². The quantitative estimate of drug-likeness (QED) is 0.940. The number of carbonyl (C=O) groups excluding carboxylic acids is 2. The van der Waals surface area contributed by atoms with Crippen LogP contribution in [0.3, 0.4) is 0 Å². The van der Waals surface area contributed by atoms with E-state index in [0.717, 1.165) is 11.3 Å². The third-order valence-corrected chi connectivity index (χ3v) is 3.91. The molecule has 23 heavy (non-hydrogen) atoms. The number of ether oxygens (including phenoxy) is 1. The van der Waals surface area contributed by atoms with Gasteiger partial charge in [-0.15, -0.1) is 0 Å². The van der Waals surface area contributed by atoms with E-state index in [-0.39, 0.29) is 18.4 Å². The smallest absolute Gasteiger partial charge is 0.264 e. The summed E-state index contributed by atoms with van der Waals surface area (Å²) in [7, 11) is 1.72. The molecule has 0 fully saturated rings. The number of anilines is 1. The summed E-state index contributed by atoms with van der Waals surface area (Å²) in [5, 5.41) is 2.80. The Morgan fingerprint density at radius 3 is 2.74 bits per heavy atom. The van der Waals surface area contributed by atoms with Crippen LogP contribution < -0.4 is 15.0 Å². The molecule has 1 aliphatic heterocycles. The van der Waals surface area contributed by atoms with Gasteiger partial charge in [0.2, 0.25) is 0 Å². The highest BCUT2D eigenvalue weighted by atomic mass is 16.5. The molecule has 1 N–H and O–H groups in total. The molecule has 0 aromatic heterocycles. The SMILES string of the molecule is CN(C(=O)COc1cccc2c1CCNC2=O)c1ccccc1. The molecule has 1 heterocycles. The predicted molar refractivity (Wildman–Crippen MR) is 87.8 cm³/mol. The standard InChI is InChI=1S/C18H18N2O3/c1-20(13-6-3-2-4-7-13)17(21)12-23-16-9-5-8-15-14(16)10-11-19-18(15)22/h2-9H,10-12H2,1H3,(H,19,22). The van der Waals surface area contributed by atoms with E-state index in [1.165, 1.54) is 0 Å². The van der Waals surface area contributed by atoms with Crippen molar-refractivity contribution in [3.8, 4) is 5.75 Å². The minimum Gasteiger partial charge on any atom is -0.483 e. The van der Waals surface area contributed by atoms with Crippen LogP contribution in [0.2, 0.25) is 0 Å². The van der Waals surface area contributed by atoms with Crippen molar-refractivity contribution in [3.05, 3.63) is 59.7 Å². The first-order chi connectivity index (χ1) is 11.2. The average Bonchev–Trinajstić information content (AvgIpc) is 2.60. The molecule has 5 heteroatoms. The summed E-state index contributed by atoms with van der Waals surface area (Å²) in [6.45, 7) is 0.521. The van der Waals surface area contributed by atoms with Gasteiger partial charge < -0.3 is 15.0 Å². The van der Waals surface area contributed by atoms with Gasteiger partial charge in [0, 0.05) is 30.4 Å². The number of carbonyl (C=O) groups is 2. The zero-order valence-corrected chi connectivity index (χ0v) is 12.9. The van der Waals surface area contributed by atoms with E-state index >= 15 is 0 Å². The summed E-state index contributed by atoms with van der Waals surface area (Å²) in [5.74, 6) is 0.366. The second-order valence-electron chi connectivity index (χ2n) is 5.37. The monoisotopic (exact) mass is 310 g/mol. The van der Waals surface area contributed by atoms with Crippen molar-refractivity contribution in [2.24, 2.45) is 0 Å². The van der Waals surface area contributed by atoms with Crippen molar-refractivity contribution in [3.63, 3.8) is 0 Å². The van der Waals surface area contributed by atoms with Gasteiger partial charge in [0.25, 0.3) is 11.8 Å². The van der Waals surface area contributed by atoms with Crippen LogP contribution in [0.4, 0.5) is 5.69 Å². The summed E-state index contributed by atoms with van der Waals surface area (Å²) in [4.78, 5) is 25.7. The molecule has 0 atom stereocenters. The molecule has 1 aliphatic rings. The van der Waals surface area contributed by atoms with E-state index in [1.807, 2.05) is 30.3 Å². The highest BCUT2D eigenvalue weighted by Crippen LogP contribution is 2.25. The third kappa shape index (κ3) is 3.18. The molecule has 0 saturated heterocycles. The number of hydrogen-bond donors (Lipinski definition) is 1. The van der Waals surface area contributed by atoms with Crippen LogP contribution in [-0.4, -0.2) is 32.0 Å². The molecule has 2 amide bonds. The number of likely N-dealkylation sites (N-methyl/N-ethyl adjacent to an activating group) is 1. The number of amides is 2. The Balaban J connectivity index is 1.70. The maximum absolute atomic E-state index is 12.3. The number of rotatable bonds is 4. The lowest BCUT2D eigenvalue weighted by atomic mass is 9.99. The van der Waals surface area contributed by atoms with Gasteiger partial charge in [-0.05, 0) is 30.7 Å². The van der Waals surface area contributed by atoms with Gasteiger partial charge in [-0.3, -0.25) is 9.59 Å². The first-order valence-electron chi connectivity index (χ1n) is 7.51. The first kappa shape index (κ1) is 15.1. The van der Waals surface area contributed by atoms with Gasteiger partial charge in [-0.2, -0.15) is 0 Å². The van der Waals surface area contributed by atoms with Crippen LogP contribution >= 0.6 is 0 Å². The topological polar surface area (TPSA) is 58.6 Å². The highest BCUT2D eigenvalue weighted by Gasteiger charge is 2.20. The minimum atomic E-state index is -0.144. The maximum atomic E-state index is 12.3. The van der Waals surface area contributed by atoms with Crippen molar-refractivity contribution in [2.45, 2.75) is 6.42 Å². The largest absolute Gasteiger partial charge is 0.483 e. The molecule has 0 bridgehead atoms. The van der Waals surface area contributed by atoms with Gasteiger partial charge in [0.05, 0.1) is 0 Å². The number of para-hydroxylation sites is 1. The fourth-order valence-electron chi connectivity index (χ4n) is 2.60. The Bertz CT molecular complexity index is 728. The first-order valence-corrected chi connectivity index (χ1v) is 7.51. The summed E-state index contributed by atoms with van der Waals surface area (Å²) in [6, 6.07) is 14.7. The Hall–Kier alpha value is -2.82. The van der Waals surface area contributed by atoms with Gasteiger partial charge in [0.1, 0.15) is 5.75 Å². The maximum Gasteiger partial charge on any atom is 0.264 e. The molecule has 0 spiro atoms. The van der Waals surface area contributed by atoms with E-state index in [4.69, 9.17) is 4.74 Å². The number of nitrogens with zero attached hydrogens (tertiary/aromatic N) is 1. The molecule has 118 valence electrons. The van der Waals surface area contributed by atoms with Crippen LogP contribution in [0.15, 0.2) is 48.5 Å². The molecule has 0 aliphatic carbocycles. The Morgan fingerprint density at radius 1 is 1.17 bits per heavy atom. The second kappa shape index (κ2) is 6.52. The second-order valence-corrected chi connectivity index (χ2v) is 5.37. The molecular weight excluding hydrogens is 292 g/mol. The molecule has 2 aromatic carbocycles. The van der Waals surface area contributed by atoms with E-state index in [1.54, 1.807) is 30.1 Å². The van der Waals surface area contributed by atoms with Crippen molar-refractivity contribution < 1.29 is 14.3 Å². The van der Waals surface area contributed by atoms with Gasteiger partial charge in [0.15, 0.2) is 6.61 Å². The highest BCUT2D eigenvalue weighted by molar-refractivity contribution is 5.97.